The summed E-state index contributed by atoms with van der Waals surface area (Å²) >= 11 is 0. The van der Waals surface area contributed by atoms with Gasteiger partial charge >= 0.3 is 0 Å². The molecule has 1 atom stereocenters. The van der Waals surface area contributed by atoms with Crippen molar-refractivity contribution >= 4 is 17.5 Å². The van der Waals surface area contributed by atoms with E-state index in [1.807, 2.05) is 31.2 Å². The molecular weight excluding hydrogens is 280 g/mol. The maximum absolute atomic E-state index is 12.5. The third kappa shape index (κ3) is 3.65. The summed E-state index contributed by atoms with van der Waals surface area (Å²) in [5, 5.41) is 0. The fraction of sp³-hybridized carbons (Fsp3) is 0.529. The number of ether oxygens (including phenoxy) is 1. The molecule has 5 heteroatoms. The van der Waals surface area contributed by atoms with E-state index in [0.29, 0.717) is 26.1 Å². The number of carbonyl (C=O) groups excluding carboxylic acids is 2. The third-order valence-corrected chi connectivity index (χ3v) is 4.07. The van der Waals surface area contributed by atoms with Crippen molar-refractivity contribution in [2.75, 3.05) is 38.8 Å². The van der Waals surface area contributed by atoms with Crippen LogP contribution < -0.4 is 4.90 Å². The molecular formula is C17H24N2O3. The number of aryl methyl sites for hydroxylation is 1. The number of nitrogens with zero attached hydrogens (tertiary/aromatic N) is 2. The van der Waals surface area contributed by atoms with Crippen molar-refractivity contribution in [1.82, 2.24) is 4.90 Å². The lowest BCUT2D eigenvalue weighted by Gasteiger charge is -2.21. The van der Waals surface area contributed by atoms with Gasteiger partial charge in [0.1, 0.15) is 5.92 Å². The maximum Gasteiger partial charge on any atom is 0.239 e. The zero-order valence-corrected chi connectivity index (χ0v) is 13.5. The Kier molecular flexibility index (Phi) is 5.55. The fourth-order valence-corrected chi connectivity index (χ4v) is 2.71. The number of carbonyl (C=O) groups is 2. The number of hydrogen-bond donors (Lipinski definition) is 0. The number of amides is 2. The SMILES string of the molecule is COCCCN(C)C(=O)C1CCN(c2ccc(C)cc2)C1=O. The number of methoxy groups -OCH3 is 1. The topological polar surface area (TPSA) is 49.9 Å². The first kappa shape index (κ1) is 16.5. The highest BCUT2D eigenvalue weighted by Gasteiger charge is 2.38. The number of benzene rings is 1. The first-order valence-electron chi connectivity index (χ1n) is 7.66. The normalized spacial score (nSPS) is 17.9. The molecule has 1 fully saturated rings. The van der Waals surface area contributed by atoms with Crippen molar-refractivity contribution in [3.05, 3.63) is 29.8 Å². The Morgan fingerprint density at radius 1 is 1.36 bits per heavy atom. The highest BCUT2D eigenvalue weighted by Crippen LogP contribution is 2.26. The van der Waals surface area contributed by atoms with Crippen LogP contribution in [0.2, 0.25) is 0 Å². The van der Waals surface area contributed by atoms with Crippen molar-refractivity contribution in [3.63, 3.8) is 0 Å². The quantitative estimate of drug-likeness (QED) is 0.595. The van der Waals surface area contributed by atoms with Gasteiger partial charge in [-0.25, -0.2) is 0 Å². The second-order valence-electron chi connectivity index (χ2n) is 5.77. The van der Waals surface area contributed by atoms with Crippen LogP contribution in [0.25, 0.3) is 0 Å². The molecule has 120 valence electrons. The van der Waals surface area contributed by atoms with Gasteiger partial charge < -0.3 is 14.5 Å². The lowest BCUT2D eigenvalue weighted by atomic mass is 10.1. The summed E-state index contributed by atoms with van der Waals surface area (Å²) < 4.78 is 4.99. The summed E-state index contributed by atoms with van der Waals surface area (Å²) in [6, 6.07) is 7.83. The molecule has 1 heterocycles. The Hall–Kier alpha value is -1.88. The highest BCUT2D eigenvalue weighted by atomic mass is 16.5. The maximum atomic E-state index is 12.5. The molecule has 2 amide bonds. The van der Waals surface area contributed by atoms with E-state index in [1.165, 1.54) is 0 Å². The van der Waals surface area contributed by atoms with Gasteiger partial charge in [-0.05, 0) is 31.9 Å². The molecule has 0 saturated carbocycles. The van der Waals surface area contributed by atoms with Crippen LogP contribution in [0.3, 0.4) is 0 Å². The van der Waals surface area contributed by atoms with Crippen LogP contribution in [-0.4, -0.2) is 50.6 Å². The summed E-state index contributed by atoms with van der Waals surface area (Å²) in [6.07, 6.45) is 1.36. The van der Waals surface area contributed by atoms with Crippen molar-refractivity contribution in [2.45, 2.75) is 19.8 Å². The minimum atomic E-state index is -0.547. The van der Waals surface area contributed by atoms with E-state index in [-0.39, 0.29) is 11.8 Å². The summed E-state index contributed by atoms with van der Waals surface area (Å²) in [7, 11) is 3.39. The molecule has 0 bridgehead atoms. The molecule has 0 spiro atoms. The van der Waals surface area contributed by atoms with E-state index in [2.05, 4.69) is 0 Å². The van der Waals surface area contributed by atoms with Gasteiger partial charge in [-0.3, -0.25) is 9.59 Å². The Morgan fingerprint density at radius 2 is 2.05 bits per heavy atom. The van der Waals surface area contributed by atoms with Gasteiger partial charge in [0.05, 0.1) is 0 Å². The first-order chi connectivity index (χ1) is 10.5. The summed E-state index contributed by atoms with van der Waals surface area (Å²) in [5.41, 5.74) is 2.02. The first-order valence-corrected chi connectivity index (χ1v) is 7.66. The van der Waals surface area contributed by atoms with Crippen LogP contribution in [0, 0.1) is 12.8 Å². The summed E-state index contributed by atoms with van der Waals surface area (Å²) in [4.78, 5) is 28.3. The Morgan fingerprint density at radius 3 is 2.68 bits per heavy atom. The third-order valence-electron chi connectivity index (χ3n) is 4.07. The molecule has 1 aromatic rings. The molecule has 0 aliphatic carbocycles. The zero-order valence-electron chi connectivity index (χ0n) is 13.5. The Balaban J connectivity index is 1.98. The molecule has 0 aromatic heterocycles. The molecule has 5 nitrogen and oxygen atoms in total. The Labute approximate surface area is 131 Å². The van der Waals surface area contributed by atoms with Gasteiger partial charge in [0.15, 0.2) is 0 Å². The average Bonchev–Trinajstić information content (AvgIpc) is 2.89. The van der Waals surface area contributed by atoms with Crippen LogP contribution in [0.5, 0.6) is 0 Å². The van der Waals surface area contributed by atoms with Gasteiger partial charge in [-0.2, -0.15) is 0 Å². The minimum Gasteiger partial charge on any atom is -0.385 e. The fourth-order valence-electron chi connectivity index (χ4n) is 2.71. The Bertz CT molecular complexity index is 527. The number of anilines is 1. The van der Waals surface area contributed by atoms with Crippen molar-refractivity contribution in [1.29, 1.82) is 0 Å². The number of rotatable bonds is 6. The van der Waals surface area contributed by atoms with Gasteiger partial charge in [0, 0.05) is 39.5 Å². The van der Waals surface area contributed by atoms with Crippen molar-refractivity contribution in [3.8, 4) is 0 Å². The molecule has 1 aliphatic rings. The van der Waals surface area contributed by atoms with E-state index in [1.54, 1.807) is 24.0 Å². The average molecular weight is 304 g/mol. The second-order valence-corrected chi connectivity index (χ2v) is 5.77. The zero-order chi connectivity index (χ0) is 16.1. The summed E-state index contributed by atoms with van der Waals surface area (Å²) in [6.45, 7) is 3.84. The minimum absolute atomic E-state index is 0.0873. The predicted octanol–water partition coefficient (Wildman–Crippen LogP) is 1.84. The lowest BCUT2D eigenvalue weighted by Crippen LogP contribution is -2.38. The molecule has 2 rings (SSSR count). The van der Waals surface area contributed by atoms with E-state index in [0.717, 1.165) is 17.7 Å². The number of hydrogen-bond acceptors (Lipinski definition) is 3. The van der Waals surface area contributed by atoms with Gasteiger partial charge in [-0.15, -0.1) is 0 Å². The molecule has 1 saturated heterocycles. The molecule has 22 heavy (non-hydrogen) atoms. The van der Waals surface area contributed by atoms with Gasteiger partial charge in [0.25, 0.3) is 0 Å². The van der Waals surface area contributed by atoms with Gasteiger partial charge in [-0.1, -0.05) is 17.7 Å². The molecule has 0 radical (unpaired) electrons. The predicted molar refractivity (Wildman–Crippen MR) is 85.8 cm³/mol. The lowest BCUT2D eigenvalue weighted by molar-refractivity contribution is -0.138. The van der Waals surface area contributed by atoms with Crippen molar-refractivity contribution < 1.29 is 14.3 Å². The largest absolute Gasteiger partial charge is 0.385 e. The molecule has 1 unspecified atom stereocenters. The standard InChI is InChI=1S/C17H24N2O3/c1-13-5-7-14(8-6-13)19-11-9-15(17(19)21)16(20)18(2)10-4-12-22-3/h5-8,15H,4,9-12H2,1-3H3. The van der Waals surface area contributed by atoms with Crippen LogP contribution in [0.4, 0.5) is 5.69 Å². The van der Waals surface area contributed by atoms with Crippen LogP contribution in [0.15, 0.2) is 24.3 Å². The highest BCUT2D eigenvalue weighted by molar-refractivity contribution is 6.09. The van der Waals surface area contributed by atoms with Crippen LogP contribution in [0.1, 0.15) is 18.4 Å². The van der Waals surface area contributed by atoms with E-state index >= 15 is 0 Å². The van der Waals surface area contributed by atoms with E-state index in [4.69, 9.17) is 4.74 Å². The second kappa shape index (κ2) is 7.40. The smallest absolute Gasteiger partial charge is 0.239 e. The molecule has 0 N–H and O–H groups in total. The monoisotopic (exact) mass is 304 g/mol. The molecule has 1 aliphatic heterocycles. The van der Waals surface area contributed by atoms with E-state index in [9.17, 15) is 9.59 Å². The van der Waals surface area contributed by atoms with Crippen LogP contribution >= 0.6 is 0 Å². The van der Waals surface area contributed by atoms with E-state index < -0.39 is 5.92 Å². The van der Waals surface area contributed by atoms with Crippen molar-refractivity contribution in [2.24, 2.45) is 5.92 Å². The van der Waals surface area contributed by atoms with Crippen LogP contribution in [-0.2, 0) is 14.3 Å². The molecule has 1 aromatic carbocycles. The summed E-state index contributed by atoms with van der Waals surface area (Å²) in [5.74, 6) is -0.725. The van der Waals surface area contributed by atoms with Gasteiger partial charge in [0.2, 0.25) is 11.8 Å².